The first-order valence-corrected chi connectivity index (χ1v) is 10.8. The van der Waals surface area contributed by atoms with Gasteiger partial charge in [-0.3, -0.25) is 0 Å². The minimum absolute atomic E-state index is 0.0284. The zero-order valence-corrected chi connectivity index (χ0v) is 19.9. The molecule has 3 rings (SSSR count). The molecule has 0 N–H and O–H groups in total. The number of carbonyl (C=O) groups is 1. The summed E-state index contributed by atoms with van der Waals surface area (Å²) in [5.41, 5.74) is -0.343. The van der Waals surface area contributed by atoms with Gasteiger partial charge in [0.2, 0.25) is 0 Å². The fourth-order valence-electron chi connectivity index (χ4n) is 3.71. The van der Waals surface area contributed by atoms with Gasteiger partial charge in [0.25, 0.3) is 0 Å². The molecular formula is C22H36BN3O4. The second-order valence-electron chi connectivity index (χ2n) is 10.5. The number of hydrogen-bond donors (Lipinski definition) is 0. The maximum Gasteiger partial charge on any atom is 0.496 e. The number of rotatable bonds is 2. The number of carbonyl (C=O) groups excluding carboxylic acids is 1. The lowest BCUT2D eigenvalue weighted by molar-refractivity contribution is 0.00578. The van der Waals surface area contributed by atoms with E-state index in [1.807, 2.05) is 78.6 Å². The lowest BCUT2D eigenvalue weighted by Crippen LogP contribution is -2.59. The Kier molecular flexibility index (Phi) is 5.88. The summed E-state index contributed by atoms with van der Waals surface area (Å²) >= 11 is 0. The Morgan fingerprint density at radius 3 is 2.20 bits per heavy atom. The van der Waals surface area contributed by atoms with Crippen LogP contribution >= 0.6 is 0 Å². The average molecular weight is 417 g/mol. The van der Waals surface area contributed by atoms with Crippen LogP contribution in [0.3, 0.4) is 0 Å². The molecule has 0 aromatic carbocycles. The van der Waals surface area contributed by atoms with Crippen molar-refractivity contribution in [2.24, 2.45) is 0 Å². The predicted octanol–water partition coefficient (Wildman–Crippen LogP) is 3.21. The normalized spacial score (nSPS) is 26.1. The molecule has 0 saturated carbocycles. The molecule has 166 valence electrons. The maximum atomic E-state index is 12.6. The van der Waals surface area contributed by atoms with E-state index in [1.54, 1.807) is 0 Å². The third-order valence-corrected chi connectivity index (χ3v) is 6.20. The first kappa shape index (κ1) is 22.9. The van der Waals surface area contributed by atoms with Gasteiger partial charge in [-0.05, 0) is 68.4 Å². The SMILES string of the molecule is C[C@@H]1CN(c2ccc(B3OC(C)(C)C(C)(C)O3)cn2)[C@@H](C)CN1C(=O)OC(C)(C)C. The minimum atomic E-state index is -0.498. The van der Waals surface area contributed by atoms with Crippen molar-refractivity contribution >= 4 is 24.5 Å². The number of hydrogen-bond acceptors (Lipinski definition) is 6. The van der Waals surface area contributed by atoms with E-state index >= 15 is 0 Å². The van der Waals surface area contributed by atoms with Crippen LogP contribution in [-0.4, -0.2) is 65.1 Å². The molecule has 0 aliphatic carbocycles. The molecule has 0 unspecified atom stereocenters. The number of ether oxygens (including phenoxy) is 1. The van der Waals surface area contributed by atoms with Crippen molar-refractivity contribution < 1.29 is 18.8 Å². The zero-order valence-electron chi connectivity index (χ0n) is 19.9. The van der Waals surface area contributed by atoms with Crippen LogP contribution in [-0.2, 0) is 14.0 Å². The Morgan fingerprint density at radius 1 is 1.10 bits per heavy atom. The third kappa shape index (κ3) is 4.59. The molecule has 2 aliphatic heterocycles. The van der Waals surface area contributed by atoms with Gasteiger partial charge in [0.1, 0.15) is 11.4 Å². The summed E-state index contributed by atoms with van der Waals surface area (Å²) in [4.78, 5) is 21.3. The molecule has 0 spiro atoms. The minimum Gasteiger partial charge on any atom is -0.444 e. The maximum absolute atomic E-state index is 12.6. The molecular weight excluding hydrogens is 381 g/mol. The number of anilines is 1. The van der Waals surface area contributed by atoms with Gasteiger partial charge in [-0.25, -0.2) is 9.78 Å². The van der Waals surface area contributed by atoms with Gasteiger partial charge in [0.05, 0.1) is 11.2 Å². The van der Waals surface area contributed by atoms with E-state index in [1.165, 1.54) is 0 Å². The first-order chi connectivity index (χ1) is 13.7. The lowest BCUT2D eigenvalue weighted by atomic mass is 9.80. The number of piperazine rings is 1. The van der Waals surface area contributed by atoms with Crippen LogP contribution in [0.1, 0.15) is 62.3 Å². The van der Waals surface area contributed by atoms with Crippen molar-refractivity contribution in [1.29, 1.82) is 0 Å². The molecule has 0 bridgehead atoms. The van der Waals surface area contributed by atoms with E-state index in [4.69, 9.17) is 14.0 Å². The Hall–Kier alpha value is -1.80. The van der Waals surface area contributed by atoms with Crippen molar-refractivity contribution in [2.45, 2.75) is 91.2 Å². The van der Waals surface area contributed by atoms with Crippen LogP contribution < -0.4 is 10.4 Å². The fraction of sp³-hybridized carbons (Fsp3) is 0.727. The van der Waals surface area contributed by atoms with Crippen molar-refractivity contribution in [1.82, 2.24) is 9.88 Å². The quantitative estimate of drug-likeness (QED) is 0.689. The van der Waals surface area contributed by atoms with E-state index in [-0.39, 0.29) is 29.4 Å². The van der Waals surface area contributed by atoms with Crippen LogP contribution in [0.25, 0.3) is 0 Å². The highest BCUT2D eigenvalue weighted by molar-refractivity contribution is 6.62. The van der Waals surface area contributed by atoms with Crippen molar-refractivity contribution in [3.05, 3.63) is 18.3 Å². The Bertz CT molecular complexity index is 760. The van der Waals surface area contributed by atoms with E-state index < -0.39 is 12.7 Å². The van der Waals surface area contributed by atoms with Crippen molar-refractivity contribution in [3.8, 4) is 0 Å². The van der Waals surface area contributed by atoms with E-state index in [0.29, 0.717) is 13.1 Å². The molecule has 3 heterocycles. The smallest absolute Gasteiger partial charge is 0.444 e. The highest BCUT2D eigenvalue weighted by atomic mass is 16.7. The first-order valence-electron chi connectivity index (χ1n) is 10.8. The molecule has 1 amide bonds. The molecule has 2 saturated heterocycles. The number of aromatic nitrogens is 1. The average Bonchev–Trinajstić information content (AvgIpc) is 2.83. The Morgan fingerprint density at radius 2 is 1.70 bits per heavy atom. The molecule has 8 heteroatoms. The monoisotopic (exact) mass is 417 g/mol. The lowest BCUT2D eigenvalue weighted by Gasteiger charge is -2.44. The van der Waals surface area contributed by atoms with Gasteiger partial charge in [-0.2, -0.15) is 0 Å². The molecule has 2 atom stereocenters. The largest absolute Gasteiger partial charge is 0.496 e. The Balaban J connectivity index is 1.68. The summed E-state index contributed by atoms with van der Waals surface area (Å²) in [5.74, 6) is 0.887. The van der Waals surface area contributed by atoms with Gasteiger partial charge in [0, 0.05) is 36.8 Å². The van der Waals surface area contributed by atoms with Crippen LogP contribution in [0.5, 0.6) is 0 Å². The van der Waals surface area contributed by atoms with Gasteiger partial charge < -0.3 is 23.8 Å². The van der Waals surface area contributed by atoms with E-state index in [9.17, 15) is 4.79 Å². The molecule has 0 radical (unpaired) electrons. The third-order valence-electron chi connectivity index (χ3n) is 6.20. The second-order valence-corrected chi connectivity index (χ2v) is 10.5. The fourth-order valence-corrected chi connectivity index (χ4v) is 3.71. The highest BCUT2D eigenvalue weighted by Crippen LogP contribution is 2.36. The van der Waals surface area contributed by atoms with Gasteiger partial charge in [-0.15, -0.1) is 0 Å². The Labute approximate surface area is 181 Å². The molecule has 30 heavy (non-hydrogen) atoms. The zero-order chi connectivity index (χ0) is 22.5. The topological polar surface area (TPSA) is 64.1 Å². The van der Waals surface area contributed by atoms with Crippen LogP contribution in [0.15, 0.2) is 18.3 Å². The summed E-state index contributed by atoms with van der Waals surface area (Å²) in [6, 6.07) is 4.18. The number of amides is 1. The summed E-state index contributed by atoms with van der Waals surface area (Å²) in [6.07, 6.45) is 1.57. The number of nitrogens with zero attached hydrogens (tertiary/aromatic N) is 3. The van der Waals surface area contributed by atoms with Crippen LogP contribution in [0.2, 0.25) is 0 Å². The highest BCUT2D eigenvalue weighted by Gasteiger charge is 2.51. The predicted molar refractivity (Wildman–Crippen MR) is 119 cm³/mol. The molecule has 1 aromatic rings. The van der Waals surface area contributed by atoms with Crippen molar-refractivity contribution in [2.75, 3.05) is 18.0 Å². The molecule has 2 fully saturated rings. The van der Waals surface area contributed by atoms with Gasteiger partial charge in [-0.1, -0.05) is 6.07 Å². The van der Waals surface area contributed by atoms with Gasteiger partial charge >= 0.3 is 13.2 Å². The van der Waals surface area contributed by atoms with E-state index in [2.05, 4.69) is 16.8 Å². The molecule has 1 aromatic heterocycles. The van der Waals surface area contributed by atoms with Crippen molar-refractivity contribution in [3.63, 3.8) is 0 Å². The summed E-state index contributed by atoms with van der Waals surface area (Å²) in [7, 11) is -0.420. The van der Waals surface area contributed by atoms with Crippen LogP contribution in [0.4, 0.5) is 10.6 Å². The molecule has 2 aliphatic rings. The second kappa shape index (κ2) is 7.72. The number of pyridine rings is 1. The summed E-state index contributed by atoms with van der Waals surface area (Å²) < 4.78 is 17.8. The standard InChI is InChI=1S/C22H36BN3O4/c1-15-14-26(19(27)28-20(3,4)5)16(2)13-25(15)18-11-10-17(12-24-18)23-29-21(6,7)22(8,9)30-23/h10-12,15-16H,13-14H2,1-9H3/t15-,16+/m0/s1. The van der Waals surface area contributed by atoms with Crippen LogP contribution in [0, 0.1) is 0 Å². The van der Waals surface area contributed by atoms with Gasteiger partial charge in [0.15, 0.2) is 0 Å². The summed E-state index contributed by atoms with van der Waals surface area (Å²) in [5, 5.41) is 0. The molecule has 7 nitrogen and oxygen atoms in total. The van der Waals surface area contributed by atoms with E-state index in [0.717, 1.165) is 11.3 Å². The summed E-state index contributed by atoms with van der Waals surface area (Å²) in [6.45, 7) is 19.3.